The van der Waals surface area contributed by atoms with Crippen molar-refractivity contribution >= 4 is 13.7 Å². The molecule has 0 saturated heterocycles. The summed E-state index contributed by atoms with van der Waals surface area (Å²) in [6.07, 6.45) is 64.9. The molecule has 0 aromatic heterocycles. The lowest BCUT2D eigenvalue weighted by molar-refractivity contribution is -0.870. The number of quaternary nitrogens is 1. The zero-order valence-corrected chi connectivity index (χ0v) is 44.5. The van der Waals surface area contributed by atoms with Crippen LogP contribution >= 0.6 is 7.82 Å². The Hall–Kier alpha value is -2.06. The number of aliphatic hydroxyl groups is 1. The highest BCUT2D eigenvalue weighted by molar-refractivity contribution is 7.45. The Morgan fingerprint density at radius 2 is 0.924 bits per heavy atom. The number of hydrogen-bond donors (Lipinski definition) is 2. The van der Waals surface area contributed by atoms with Crippen LogP contribution in [-0.4, -0.2) is 68.5 Å². The maximum Gasteiger partial charge on any atom is 0.268 e. The first kappa shape index (κ1) is 63.9. The van der Waals surface area contributed by atoms with Gasteiger partial charge in [-0.25, -0.2) is 0 Å². The van der Waals surface area contributed by atoms with Crippen LogP contribution in [0.3, 0.4) is 0 Å². The summed E-state index contributed by atoms with van der Waals surface area (Å²) in [4.78, 5) is 25.5. The number of rotatable bonds is 49. The Kier molecular flexibility index (Phi) is 46.5. The third-order valence-corrected chi connectivity index (χ3v) is 12.9. The van der Waals surface area contributed by atoms with Gasteiger partial charge in [0.2, 0.25) is 5.91 Å². The van der Waals surface area contributed by atoms with Crippen molar-refractivity contribution < 1.29 is 32.9 Å². The molecule has 1 amide bonds. The number of amides is 1. The number of phosphoric acid groups is 1. The summed E-state index contributed by atoms with van der Waals surface area (Å²) in [5.74, 6) is -0.190. The molecule has 0 saturated carbocycles. The van der Waals surface area contributed by atoms with E-state index in [4.69, 9.17) is 9.05 Å². The van der Waals surface area contributed by atoms with Crippen molar-refractivity contribution in [3.8, 4) is 0 Å². The van der Waals surface area contributed by atoms with Gasteiger partial charge in [-0.15, -0.1) is 0 Å². The van der Waals surface area contributed by atoms with Gasteiger partial charge in [0.05, 0.1) is 39.9 Å². The minimum Gasteiger partial charge on any atom is -0.756 e. The van der Waals surface area contributed by atoms with Crippen molar-refractivity contribution in [2.75, 3.05) is 40.9 Å². The summed E-state index contributed by atoms with van der Waals surface area (Å²) >= 11 is 0. The smallest absolute Gasteiger partial charge is 0.268 e. The van der Waals surface area contributed by atoms with Crippen LogP contribution in [0.4, 0.5) is 0 Å². The topological polar surface area (TPSA) is 108 Å². The van der Waals surface area contributed by atoms with E-state index < -0.39 is 20.0 Å². The third kappa shape index (κ3) is 49.8. The van der Waals surface area contributed by atoms with Gasteiger partial charge in [0.15, 0.2) is 0 Å². The number of phosphoric ester groups is 1. The summed E-state index contributed by atoms with van der Waals surface area (Å²) in [6.45, 7) is 4.60. The summed E-state index contributed by atoms with van der Waals surface area (Å²) < 4.78 is 23.4. The van der Waals surface area contributed by atoms with E-state index in [0.29, 0.717) is 23.9 Å². The van der Waals surface area contributed by atoms with E-state index >= 15 is 0 Å². The monoisotopic (exact) mass is 945 g/mol. The lowest BCUT2D eigenvalue weighted by atomic mass is 10.0. The molecule has 0 aliphatic rings. The predicted molar refractivity (Wildman–Crippen MR) is 284 cm³/mol. The maximum atomic E-state index is 13.0. The molecule has 0 fully saturated rings. The summed E-state index contributed by atoms with van der Waals surface area (Å²) in [6, 6.07) is -0.819. The highest BCUT2D eigenvalue weighted by Crippen LogP contribution is 2.38. The summed E-state index contributed by atoms with van der Waals surface area (Å²) in [5.41, 5.74) is 0. The molecule has 0 aliphatic carbocycles. The number of hydrogen-bond acceptors (Lipinski definition) is 6. The Bertz CT molecular complexity index is 1300. The molecule has 0 rings (SSSR count). The molecule has 0 radical (unpaired) electrons. The molecule has 0 spiro atoms. The van der Waals surface area contributed by atoms with Gasteiger partial charge in [-0.3, -0.25) is 9.36 Å². The largest absolute Gasteiger partial charge is 0.756 e. The highest BCUT2D eigenvalue weighted by Gasteiger charge is 2.24. The number of unbranched alkanes of at least 4 members (excludes halogenated alkanes) is 24. The quantitative estimate of drug-likeness (QED) is 0.0272. The second kappa shape index (κ2) is 48.0. The number of nitrogens with zero attached hydrogens (tertiary/aromatic N) is 1. The van der Waals surface area contributed by atoms with Crippen LogP contribution in [0.2, 0.25) is 0 Å². The molecule has 0 heterocycles. The molecule has 2 N–H and O–H groups in total. The minimum atomic E-state index is -4.58. The number of aliphatic hydroxyl groups excluding tert-OH is 1. The van der Waals surface area contributed by atoms with E-state index in [9.17, 15) is 19.4 Å². The van der Waals surface area contributed by atoms with Crippen LogP contribution < -0.4 is 10.2 Å². The Balaban J connectivity index is 4.30. The van der Waals surface area contributed by atoms with Gasteiger partial charge >= 0.3 is 0 Å². The standard InChI is InChI=1S/C57H105N2O6P/c1-6-8-10-12-14-16-18-20-22-24-26-28-29-31-33-35-37-39-41-43-45-47-49-51-57(61)58-55(54-65-66(62,63)64-53-52-59(3,4)5)56(60)50-48-46-44-42-40-38-36-34-32-30-27-25-23-21-19-17-15-13-11-9-7-2/h8,10,14,16,20,22,26,28,31,33,37,39,55-56,60H,6-7,9,11-13,15,17-19,21,23-25,27,29-30,32,34-36,38,40-54H2,1-5H3,(H-,58,61,62,63)/b10-8-,16-14-,22-20-,28-26-,33-31-,39-37-. The van der Waals surface area contributed by atoms with Crippen molar-refractivity contribution in [3.05, 3.63) is 72.9 Å². The van der Waals surface area contributed by atoms with Crippen LogP contribution in [0.5, 0.6) is 0 Å². The van der Waals surface area contributed by atoms with Gasteiger partial charge in [-0.2, -0.15) is 0 Å². The van der Waals surface area contributed by atoms with Crippen LogP contribution in [-0.2, 0) is 18.4 Å². The first-order valence-electron chi connectivity index (χ1n) is 27.3. The fraction of sp³-hybridized carbons (Fsp3) is 0.772. The first-order valence-corrected chi connectivity index (χ1v) is 28.7. The fourth-order valence-corrected chi connectivity index (χ4v) is 8.41. The molecule has 0 aromatic rings. The normalized spacial score (nSPS) is 14.6. The Morgan fingerprint density at radius 1 is 0.545 bits per heavy atom. The number of nitrogens with one attached hydrogen (secondary N) is 1. The van der Waals surface area contributed by atoms with Gasteiger partial charge in [-0.05, 0) is 64.2 Å². The van der Waals surface area contributed by atoms with Crippen molar-refractivity contribution in [2.45, 2.75) is 244 Å². The van der Waals surface area contributed by atoms with E-state index in [1.165, 1.54) is 116 Å². The molecule has 0 aliphatic heterocycles. The highest BCUT2D eigenvalue weighted by atomic mass is 31.2. The van der Waals surface area contributed by atoms with Crippen LogP contribution in [0.25, 0.3) is 0 Å². The predicted octanol–water partition coefficient (Wildman–Crippen LogP) is 15.7. The third-order valence-electron chi connectivity index (χ3n) is 12.0. The fourth-order valence-electron chi connectivity index (χ4n) is 7.69. The number of likely N-dealkylation sites (N-methyl/N-ethyl adjacent to an activating group) is 1. The molecule has 66 heavy (non-hydrogen) atoms. The Morgan fingerprint density at radius 3 is 1.35 bits per heavy atom. The van der Waals surface area contributed by atoms with Gasteiger partial charge in [0.25, 0.3) is 7.82 Å². The Labute approximate surface area is 408 Å². The maximum absolute atomic E-state index is 13.0. The van der Waals surface area contributed by atoms with Crippen LogP contribution in [0.15, 0.2) is 72.9 Å². The van der Waals surface area contributed by atoms with Crippen molar-refractivity contribution in [3.63, 3.8) is 0 Å². The number of allylic oxidation sites excluding steroid dienone is 12. The zero-order chi connectivity index (χ0) is 48.5. The molecule has 8 nitrogen and oxygen atoms in total. The van der Waals surface area contributed by atoms with E-state index in [1.807, 2.05) is 21.1 Å². The van der Waals surface area contributed by atoms with E-state index in [2.05, 4.69) is 92.1 Å². The average Bonchev–Trinajstić information content (AvgIpc) is 3.28. The zero-order valence-electron chi connectivity index (χ0n) is 43.6. The number of carbonyl (C=O) groups excluding carboxylic acids is 1. The summed E-state index contributed by atoms with van der Waals surface area (Å²) in [7, 11) is 1.28. The molecule has 384 valence electrons. The lowest BCUT2D eigenvalue weighted by Gasteiger charge is -2.30. The second-order valence-corrected chi connectivity index (χ2v) is 21.0. The first-order chi connectivity index (χ1) is 32.0. The second-order valence-electron chi connectivity index (χ2n) is 19.6. The van der Waals surface area contributed by atoms with E-state index in [-0.39, 0.29) is 19.1 Å². The molecular formula is C57H105N2O6P. The molecule has 0 bridgehead atoms. The van der Waals surface area contributed by atoms with Crippen LogP contribution in [0.1, 0.15) is 232 Å². The molecule has 9 heteroatoms. The summed E-state index contributed by atoms with van der Waals surface area (Å²) in [5, 5.41) is 14.0. The molecule has 3 atom stereocenters. The van der Waals surface area contributed by atoms with Crippen molar-refractivity contribution in [1.29, 1.82) is 0 Å². The molecule has 0 aromatic carbocycles. The molecular weight excluding hydrogens is 840 g/mol. The SMILES string of the molecule is CC/C=C\C/C=C\C/C=C\C/C=C\C/C=C\C/C=C\CCCCCCC(=O)NC(COP(=O)([O-])OCC[N+](C)(C)C)C(O)CCCCCCCCCCCCCCCCCCCCCCC. The average molecular weight is 945 g/mol. The van der Waals surface area contributed by atoms with E-state index in [0.717, 1.165) is 89.9 Å². The minimum absolute atomic E-state index is 0.00336. The van der Waals surface area contributed by atoms with Gasteiger partial charge in [-0.1, -0.05) is 234 Å². The van der Waals surface area contributed by atoms with Crippen LogP contribution in [0, 0.1) is 0 Å². The van der Waals surface area contributed by atoms with E-state index in [1.54, 1.807) is 0 Å². The van der Waals surface area contributed by atoms with Gasteiger partial charge in [0.1, 0.15) is 13.2 Å². The number of carbonyl (C=O) groups is 1. The lowest BCUT2D eigenvalue weighted by Crippen LogP contribution is -2.46. The van der Waals surface area contributed by atoms with Gasteiger partial charge < -0.3 is 28.8 Å². The molecule has 3 unspecified atom stereocenters. The van der Waals surface area contributed by atoms with Crippen molar-refractivity contribution in [1.82, 2.24) is 5.32 Å². The van der Waals surface area contributed by atoms with Gasteiger partial charge in [0, 0.05) is 6.42 Å². The van der Waals surface area contributed by atoms with Crippen molar-refractivity contribution in [2.24, 2.45) is 0 Å².